The van der Waals surface area contributed by atoms with Gasteiger partial charge in [-0.05, 0) is 38.2 Å². The number of nitrogens with one attached hydrogen (secondary N) is 1. The van der Waals surface area contributed by atoms with Crippen molar-refractivity contribution in [3.8, 4) is 11.3 Å². The summed E-state index contributed by atoms with van der Waals surface area (Å²) in [6.45, 7) is 4.82. The minimum absolute atomic E-state index is 0.396. The monoisotopic (exact) mass is 310 g/mol. The number of anilines is 2. The van der Waals surface area contributed by atoms with Gasteiger partial charge in [0.25, 0.3) is 0 Å². The summed E-state index contributed by atoms with van der Waals surface area (Å²) < 4.78 is 9.84. The molecular weight excluding hydrogens is 292 g/mol. The molecular formula is C13H18N4OS2. The summed E-state index contributed by atoms with van der Waals surface area (Å²) >= 11 is 3.04. The molecule has 0 aliphatic heterocycles. The lowest BCUT2D eigenvalue weighted by molar-refractivity contribution is 0.00306. The van der Waals surface area contributed by atoms with Gasteiger partial charge in [0.2, 0.25) is 0 Å². The molecule has 108 valence electrons. The highest BCUT2D eigenvalue weighted by molar-refractivity contribution is 7.11. The van der Waals surface area contributed by atoms with Crippen LogP contribution in [0.15, 0.2) is 5.38 Å². The Labute approximate surface area is 126 Å². The summed E-state index contributed by atoms with van der Waals surface area (Å²) in [6.07, 6.45) is 2.48. The van der Waals surface area contributed by atoms with E-state index in [2.05, 4.69) is 14.7 Å². The molecule has 1 saturated carbocycles. The lowest BCUT2D eigenvalue weighted by Gasteiger charge is -2.35. The van der Waals surface area contributed by atoms with Crippen molar-refractivity contribution < 1.29 is 4.74 Å². The quantitative estimate of drug-likeness (QED) is 0.887. The first-order valence-corrected chi connectivity index (χ1v) is 8.38. The summed E-state index contributed by atoms with van der Waals surface area (Å²) in [7, 11) is 0. The molecule has 0 atom stereocenters. The topological polar surface area (TPSA) is 73.1 Å². The Morgan fingerprint density at radius 3 is 2.95 bits per heavy atom. The van der Waals surface area contributed by atoms with Crippen LogP contribution in [0.1, 0.15) is 24.8 Å². The van der Waals surface area contributed by atoms with Gasteiger partial charge in [0, 0.05) is 18.0 Å². The van der Waals surface area contributed by atoms with Gasteiger partial charge in [0.15, 0.2) is 0 Å². The molecule has 0 unspecified atom stereocenters. The fraction of sp³-hybridized carbons (Fsp3) is 0.538. The molecule has 2 heterocycles. The average molecular weight is 310 g/mol. The summed E-state index contributed by atoms with van der Waals surface area (Å²) in [5.74, 6) is 0.559. The Morgan fingerprint density at radius 1 is 1.50 bits per heavy atom. The van der Waals surface area contributed by atoms with Crippen LogP contribution in [0.4, 0.5) is 10.8 Å². The van der Waals surface area contributed by atoms with Crippen LogP contribution < -0.4 is 11.1 Å². The number of nitrogens with zero attached hydrogens (tertiary/aromatic N) is 2. The summed E-state index contributed by atoms with van der Waals surface area (Å²) in [5, 5.41) is 7.62. The number of nitrogen functional groups attached to an aromatic ring is 1. The van der Waals surface area contributed by atoms with Gasteiger partial charge in [-0.2, -0.15) is 4.37 Å². The van der Waals surface area contributed by atoms with Gasteiger partial charge < -0.3 is 15.8 Å². The van der Waals surface area contributed by atoms with Gasteiger partial charge in [-0.25, -0.2) is 4.98 Å². The second-order valence-corrected chi connectivity index (χ2v) is 6.75. The van der Waals surface area contributed by atoms with E-state index in [9.17, 15) is 0 Å². The normalized spacial score (nSPS) is 21.7. The van der Waals surface area contributed by atoms with Crippen LogP contribution in [0.5, 0.6) is 0 Å². The molecule has 7 heteroatoms. The molecule has 2 aromatic rings. The fourth-order valence-corrected chi connectivity index (χ4v) is 3.77. The van der Waals surface area contributed by atoms with E-state index in [-0.39, 0.29) is 0 Å². The largest absolute Gasteiger partial charge is 0.382 e. The molecule has 3 rings (SSSR count). The maximum Gasteiger partial charge on any atom is 0.148 e. The number of hydrogen-bond donors (Lipinski definition) is 2. The van der Waals surface area contributed by atoms with Gasteiger partial charge in [-0.1, -0.05) is 0 Å². The Morgan fingerprint density at radius 2 is 2.30 bits per heavy atom. The number of aromatic nitrogens is 2. The molecule has 5 nitrogen and oxygen atoms in total. The lowest BCUT2D eigenvalue weighted by Crippen LogP contribution is -2.40. The highest BCUT2D eigenvalue weighted by Gasteiger charge is 2.31. The summed E-state index contributed by atoms with van der Waals surface area (Å²) in [6, 6.07) is 0.449. The molecule has 20 heavy (non-hydrogen) atoms. The van der Waals surface area contributed by atoms with Crippen LogP contribution in [0.3, 0.4) is 0 Å². The van der Waals surface area contributed by atoms with Crippen LogP contribution in [0.25, 0.3) is 11.3 Å². The van der Waals surface area contributed by atoms with Crippen molar-refractivity contribution in [1.29, 1.82) is 0 Å². The zero-order chi connectivity index (χ0) is 14.1. The molecule has 0 amide bonds. The molecule has 1 aliphatic rings. The van der Waals surface area contributed by atoms with E-state index in [1.165, 1.54) is 11.5 Å². The molecule has 0 aromatic carbocycles. The van der Waals surface area contributed by atoms with Gasteiger partial charge in [-0.3, -0.25) is 0 Å². The molecule has 0 bridgehead atoms. The number of ether oxygens (including phenoxy) is 1. The number of rotatable bonds is 5. The van der Waals surface area contributed by atoms with Crippen LogP contribution in [0.2, 0.25) is 0 Å². The smallest absolute Gasteiger partial charge is 0.148 e. The van der Waals surface area contributed by atoms with E-state index in [1.807, 2.05) is 19.2 Å². The standard InChI is InChI=1S/C13H18N4OS2/c1-3-18-9-4-8(5-9)16-13-11(12(14)17-20-13)10-6-19-7(2)15-10/h6,8-9,16H,3-5H2,1-2H3,(H2,14,17). The van der Waals surface area contributed by atoms with Crippen molar-refractivity contribution in [2.75, 3.05) is 17.7 Å². The second-order valence-electron chi connectivity index (χ2n) is 4.91. The van der Waals surface area contributed by atoms with Crippen molar-refractivity contribution >= 4 is 33.7 Å². The zero-order valence-electron chi connectivity index (χ0n) is 11.5. The Kier molecular flexibility index (Phi) is 3.91. The summed E-state index contributed by atoms with van der Waals surface area (Å²) in [4.78, 5) is 4.51. The van der Waals surface area contributed by atoms with Crippen molar-refractivity contribution in [2.45, 2.75) is 38.8 Å². The SMILES string of the molecule is CCOC1CC(Nc2snc(N)c2-c2csc(C)n2)C1. The number of nitrogens with two attached hydrogens (primary N) is 1. The molecule has 2 aromatic heterocycles. The lowest BCUT2D eigenvalue weighted by atomic mass is 9.89. The molecule has 0 radical (unpaired) electrons. The highest BCUT2D eigenvalue weighted by atomic mass is 32.1. The van der Waals surface area contributed by atoms with E-state index in [4.69, 9.17) is 10.5 Å². The van der Waals surface area contributed by atoms with E-state index >= 15 is 0 Å². The van der Waals surface area contributed by atoms with Crippen LogP contribution in [-0.4, -0.2) is 28.1 Å². The van der Waals surface area contributed by atoms with E-state index in [0.717, 1.165) is 40.7 Å². The van der Waals surface area contributed by atoms with Gasteiger partial charge in [0.05, 0.1) is 22.4 Å². The molecule has 1 aliphatic carbocycles. The third kappa shape index (κ3) is 2.65. The Hall–Kier alpha value is -1.18. The van der Waals surface area contributed by atoms with Gasteiger partial charge >= 0.3 is 0 Å². The Bertz CT molecular complexity index is 589. The van der Waals surface area contributed by atoms with Crippen molar-refractivity contribution in [2.24, 2.45) is 0 Å². The third-order valence-electron chi connectivity index (χ3n) is 3.43. The van der Waals surface area contributed by atoms with E-state index < -0.39 is 0 Å². The predicted molar refractivity (Wildman–Crippen MR) is 84.4 cm³/mol. The molecule has 0 saturated heterocycles. The minimum atomic E-state index is 0.396. The van der Waals surface area contributed by atoms with Crippen LogP contribution >= 0.6 is 22.9 Å². The average Bonchev–Trinajstić information content (AvgIpc) is 2.93. The number of thiazole rings is 1. The number of aryl methyl sites for hydroxylation is 1. The van der Waals surface area contributed by atoms with Crippen molar-refractivity contribution in [3.63, 3.8) is 0 Å². The predicted octanol–water partition coefficient (Wildman–Crippen LogP) is 3.14. The van der Waals surface area contributed by atoms with Crippen molar-refractivity contribution in [3.05, 3.63) is 10.4 Å². The first-order valence-electron chi connectivity index (χ1n) is 6.73. The van der Waals surface area contributed by atoms with Gasteiger partial charge in [-0.15, -0.1) is 11.3 Å². The van der Waals surface area contributed by atoms with Crippen LogP contribution in [0, 0.1) is 6.92 Å². The van der Waals surface area contributed by atoms with Crippen LogP contribution in [-0.2, 0) is 4.74 Å². The number of hydrogen-bond acceptors (Lipinski definition) is 7. The minimum Gasteiger partial charge on any atom is -0.382 e. The first kappa shape index (κ1) is 13.8. The third-order valence-corrected chi connectivity index (χ3v) is 4.99. The molecule has 1 fully saturated rings. The fourth-order valence-electron chi connectivity index (χ4n) is 2.37. The summed E-state index contributed by atoms with van der Waals surface area (Å²) in [5.41, 5.74) is 7.85. The zero-order valence-corrected chi connectivity index (χ0v) is 13.2. The second kappa shape index (κ2) is 5.67. The van der Waals surface area contributed by atoms with Crippen molar-refractivity contribution in [1.82, 2.24) is 9.36 Å². The maximum atomic E-state index is 5.99. The molecule has 3 N–H and O–H groups in total. The molecule has 0 spiro atoms. The van der Waals surface area contributed by atoms with Gasteiger partial charge in [0.1, 0.15) is 10.8 Å². The maximum absolute atomic E-state index is 5.99. The first-order chi connectivity index (χ1) is 9.67. The van der Waals surface area contributed by atoms with E-state index in [1.54, 1.807) is 11.3 Å². The van der Waals surface area contributed by atoms with E-state index in [0.29, 0.717) is 18.0 Å². The highest BCUT2D eigenvalue weighted by Crippen LogP contribution is 2.39. The Balaban J connectivity index is 1.72.